The molecule has 1 aliphatic rings. The molecule has 1 amide bonds. The fraction of sp³-hybridized carbons (Fsp3) is 0.389. The van der Waals surface area contributed by atoms with Crippen molar-refractivity contribution in [1.82, 2.24) is 14.9 Å². The Kier molecular flexibility index (Phi) is 4.23. The lowest BCUT2D eigenvalue weighted by atomic mass is 10.2. The highest BCUT2D eigenvalue weighted by atomic mass is 16.5. The van der Waals surface area contributed by atoms with E-state index in [-0.39, 0.29) is 29.7 Å². The first-order chi connectivity index (χ1) is 12.2. The molecule has 2 aromatic heterocycles. The molecule has 130 valence electrons. The molecule has 1 saturated heterocycles. The second kappa shape index (κ2) is 6.68. The van der Waals surface area contributed by atoms with Gasteiger partial charge in [-0.1, -0.05) is 12.1 Å². The molecule has 1 N–H and O–H groups in total. The van der Waals surface area contributed by atoms with Crippen LogP contribution >= 0.6 is 0 Å². The number of furan rings is 1. The van der Waals surface area contributed by atoms with Gasteiger partial charge >= 0.3 is 0 Å². The number of ether oxygens (including phenoxy) is 1. The van der Waals surface area contributed by atoms with E-state index in [1.165, 1.54) is 10.9 Å². The van der Waals surface area contributed by atoms with Gasteiger partial charge < -0.3 is 14.5 Å². The summed E-state index contributed by atoms with van der Waals surface area (Å²) in [7, 11) is 0. The zero-order chi connectivity index (χ0) is 17.2. The zero-order valence-electron chi connectivity index (χ0n) is 13.7. The van der Waals surface area contributed by atoms with Crippen LogP contribution < -0.4 is 10.9 Å². The summed E-state index contributed by atoms with van der Waals surface area (Å²) in [6.07, 6.45) is 4.55. The number of fused-ring (bicyclic) bond motifs is 3. The molecular formula is C18H19N3O4. The lowest BCUT2D eigenvalue weighted by Gasteiger charge is -2.10. The molecule has 0 saturated carbocycles. The number of para-hydroxylation sites is 1. The molecule has 1 atom stereocenters. The molecule has 0 spiro atoms. The van der Waals surface area contributed by atoms with Crippen molar-refractivity contribution in [2.75, 3.05) is 13.2 Å². The number of nitrogens with zero attached hydrogens (tertiary/aromatic N) is 2. The van der Waals surface area contributed by atoms with Gasteiger partial charge in [-0.2, -0.15) is 0 Å². The number of hydrogen-bond donors (Lipinski definition) is 1. The number of carbonyl (C=O) groups is 1. The number of carbonyl (C=O) groups excluding carboxylic acids is 1. The van der Waals surface area contributed by atoms with E-state index in [4.69, 9.17) is 9.15 Å². The van der Waals surface area contributed by atoms with Gasteiger partial charge in [-0.05, 0) is 31.4 Å². The minimum Gasteiger partial charge on any atom is -0.448 e. The third-order valence-corrected chi connectivity index (χ3v) is 4.48. The molecular weight excluding hydrogens is 322 g/mol. The summed E-state index contributed by atoms with van der Waals surface area (Å²) in [4.78, 5) is 28.9. The van der Waals surface area contributed by atoms with Gasteiger partial charge in [-0.15, -0.1) is 0 Å². The first-order valence-electron chi connectivity index (χ1n) is 8.47. The van der Waals surface area contributed by atoms with Gasteiger partial charge in [0.15, 0.2) is 0 Å². The minimum atomic E-state index is -0.351. The van der Waals surface area contributed by atoms with Crippen LogP contribution in [0.3, 0.4) is 0 Å². The summed E-state index contributed by atoms with van der Waals surface area (Å²) < 4.78 is 12.4. The van der Waals surface area contributed by atoms with E-state index < -0.39 is 0 Å². The number of aromatic nitrogens is 2. The largest absolute Gasteiger partial charge is 0.448 e. The predicted molar refractivity (Wildman–Crippen MR) is 92.4 cm³/mol. The molecule has 0 unspecified atom stereocenters. The van der Waals surface area contributed by atoms with Crippen LogP contribution in [0.1, 0.15) is 19.3 Å². The maximum absolute atomic E-state index is 12.5. The average Bonchev–Trinajstić information content (AvgIpc) is 3.25. The minimum absolute atomic E-state index is 0.0790. The van der Waals surface area contributed by atoms with Crippen molar-refractivity contribution in [2.45, 2.75) is 31.9 Å². The molecule has 7 nitrogen and oxygen atoms in total. The molecule has 3 heterocycles. The number of benzene rings is 1. The maximum Gasteiger partial charge on any atom is 0.297 e. The maximum atomic E-state index is 12.5. The summed E-state index contributed by atoms with van der Waals surface area (Å²) in [5.74, 6) is -0.225. The van der Waals surface area contributed by atoms with Crippen molar-refractivity contribution in [3.05, 3.63) is 40.9 Å². The lowest BCUT2D eigenvalue weighted by Crippen LogP contribution is -2.33. The molecule has 0 radical (unpaired) electrons. The summed E-state index contributed by atoms with van der Waals surface area (Å²) in [5, 5.41) is 3.62. The Bertz CT molecular complexity index is 969. The molecule has 1 aliphatic heterocycles. The van der Waals surface area contributed by atoms with E-state index >= 15 is 0 Å². The van der Waals surface area contributed by atoms with Crippen LogP contribution in [-0.4, -0.2) is 34.7 Å². The van der Waals surface area contributed by atoms with E-state index in [0.29, 0.717) is 17.6 Å². The van der Waals surface area contributed by atoms with Gasteiger partial charge in [0.1, 0.15) is 17.6 Å². The topological polar surface area (TPSA) is 86.4 Å². The van der Waals surface area contributed by atoms with E-state index in [2.05, 4.69) is 10.3 Å². The highest BCUT2D eigenvalue weighted by molar-refractivity contribution is 6.01. The number of rotatable bonds is 5. The summed E-state index contributed by atoms with van der Waals surface area (Å²) in [6, 6.07) is 7.35. The van der Waals surface area contributed by atoms with Crippen molar-refractivity contribution in [1.29, 1.82) is 0 Å². The zero-order valence-corrected chi connectivity index (χ0v) is 13.7. The van der Waals surface area contributed by atoms with E-state index in [1.807, 2.05) is 18.2 Å². The number of nitrogens with one attached hydrogen (secondary N) is 1. The Labute approximate surface area is 143 Å². The molecule has 1 fully saturated rings. The van der Waals surface area contributed by atoms with Crippen LogP contribution in [0.2, 0.25) is 0 Å². The van der Waals surface area contributed by atoms with Gasteiger partial charge in [0.2, 0.25) is 11.5 Å². The molecule has 1 aromatic carbocycles. The smallest absolute Gasteiger partial charge is 0.297 e. The molecule has 25 heavy (non-hydrogen) atoms. The van der Waals surface area contributed by atoms with Gasteiger partial charge in [0, 0.05) is 18.5 Å². The predicted octanol–water partition coefficient (Wildman–Crippen LogP) is 1.83. The van der Waals surface area contributed by atoms with Crippen LogP contribution in [0.4, 0.5) is 0 Å². The van der Waals surface area contributed by atoms with Crippen molar-refractivity contribution < 1.29 is 13.9 Å². The third-order valence-electron chi connectivity index (χ3n) is 4.48. The van der Waals surface area contributed by atoms with Crippen LogP contribution in [0.5, 0.6) is 0 Å². The van der Waals surface area contributed by atoms with Crippen LogP contribution in [0, 0.1) is 0 Å². The van der Waals surface area contributed by atoms with Crippen molar-refractivity contribution in [2.24, 2.45) is 0 Å². The van der Waals surface area contributed by atoms with Crippen molar-refractivity contribution in [3.8, 4) is 0 Å². The second-order valence-corrected chi connectivity index (χ2v) is 6.23. The van der Waals surface area contributed by atoms with Gasteiger partial charge in [-0.3, -0.25) is 14.2 Å². The third kappa shape index (κ3) is 3.15. The normalized spacial score (nSPS) is 17.4. The standard InChI is InChI=1S/C18H19N3O4/c22-15(19-8-7-12-4-3-9-24-12)10-21-11-20-16-13-5-1-2-6-14(13)25-17(16)18(21)23/h1-2,5-6,11-12H,3-4,7-10H2,(H,19,22)/t12-/m1/s1. The first-order valence-corrected chi connectivity index (χ1v) is 8.47. The summed E-state index contributed by atoms with van der Waals surface area (Å²) in [6.45, 7) is 1.26. The Balaban J connectivity index is 1.47. The highest BCUT2D eigenvalue weighted by Crippen LogP contribution is 2.23. The van der Waals surface area contributed by atoms with Gasteiger partial charge in [0.25, 0.3) is 5.56 Å². The average molecular weight is 341 g/mol. The number of amides is 1. The van der Waals surface area contributed by atoms with E-state index in [1.54, 1.807) is 6.07 Å². The Hall–Kier alpha value is -2.67. The second-order valence-electron chi connectivity index (χ2n) is 6.23. The summed E-state index contributed by atoms with van der Waals surface area (Å²) >= 11 is 0. The Morgan fingerprint density at radius 1 is 1.36 bits per heavy atom. The molecule has 4 rings (SSSR count). The van der Waals surface area contributed by atoms with Crippen molar-refractivity contribution >= 4 is 28.0 Å². The monoisotopic (exact) mass is 341 g/mol. The fourth-order valence-corrected chi connectivity index (χ4v) is 3.18. The SMILES string of the molecule is O=C(Cn1cnc2c(oc3ccccc32)c1=O)NCC[C@H]1CCCO1. The summed E-state index contributed by atoms with van der Waals surface area (Å²) in [5.41, 5.74) is 0.961. The van der Waals surface area contributed by atoms with Crippen LogP contribution in [-0.2, 0) is 16.1 Å². The Morgan fingerprint density at radius 3 is 3.08 bits per heavy atom. The Morgan fingerprint density at radius 2 is 2.24 bits per heavy atom. The van der Waals surface area contributed by atoms with E-state index in [9.17, 15) is 9.59 Å². The van der Waals surface area contributed by atoms with Crippen LogP contribution in [0.25, 0.3) is 22.1 Å². The molecule has 0 aliphatic carbocycles. The van der Waals surface area contributed by atoms with Crippen LogP contribution in [0.15, 0.2) is 39.8 Å². The van der Waals surface area contributed by atoms with Crippen molar-refractivity contribution in [3.63, 3.8) is 0 Å². The number of hydrogen-bond acceptors (Lipinski definition) is 5. The van der Waals surface area contributed by atoms with Gasteiger partial charge in [-0.25, -0.2) is 4.98 Å². The molecule has 0 bridgehead atoms. The lowest BCUT2D eigenvalue weighted by molar-refractivity contribution is -0.121. The fourth-order valence-electron chi connectivity index (χ4n) is 3.18. The van der Waals surface area contributed by atoms with Gasteiger partial charge in [0.05, 0.1) is 12.4 Å². The highest BCUT2D eigenvalue weighted by Gasteiger charge is 2.16. The molecule has 7 heteroatoms. The first kappa shape index (κ1) is 15.8. The quantitative estimate of drug-likeness (QED) is 0.765. The van der Waals surface area contributed by atoms with E-state index in [0.717, 1.165) is 31.3 Å². The molecule has 3 aromatic rings.